The predicted molar refractivity (Wildman–Crippen MR) is 128 cm³/mol. The van der Waals surface area contributed by atoms with E-state index in [4.69, 9.17) is 14.2 Å². The lowest BCUT2D eigenvalue weighted by molar-refractivity contribution is -0.134. The second kappa shape index (κ2) is 10.6. The van der Waals surface area contributed by atoms with Gasteiger partial charge in [0.2, 0.25) is 5.91 Å². The van der Waals surface area contributed by atoms with Crippen LogP contribution >= 0.6 is 0 Å². The first-order valence-electron chi connectivity index (χ1n) is 11.5. The molecule has 1 N–H and O–H groups in total. The Balaban J connectivity index is 1.32. The van der Waals surface area contributed by atoms with Gasteiger partial charge in [-0.25, -0.2) is 0 Å². The largest absolute Gasteiger partial charge is 0.490 e. The van der Waals surface area contributed by atoms with E-state index in [0.29, 0.717) is 26.1 Å². The second-order valence-corrected chi connectivity index (χ2v) is 8.56. The number of amides is 1. The lowest BCUT2D eigenvalue weighted by Crippen LogP contribution is -2.43. The van der Waals surface area contributed by atoms with Gasteiger partial charge in [-0.3, -0.25) is 4.79 Å². The van der Waals surface area contributed by atoms with E-state index in [9.17, 15) is 9.90 Å². The number of aryl methyl sites for hydroxylation is 1. The molecule has 6 nitrogen and oxygen atoms in total. The first-order chi connectivity index (χ1) is 16.0. The average molecular weight is 450 g/mol. The van der Waals surface area contributed by atoms with Gasteiger partial charge in [0.15, 0.2) is 11.5 Å². The normalized spacial score (nSPS) is 13.7. The number of carbonyl (C=O) groups is 1. The van der Waals surface area contributed by atoms with Crippen molar-refractivity contribution < 1.29 is 24.1 Å². The van der Waals surface area contributed by atoms with Crippen molar-refractivity contribution in [1.82, 2.24) is 4.90 Å². The van der Waals surface area contributed by atoms with E-state index in [1.165, 1.54) is 0 Å². The third-order valence-corrected chi connectivity index (χ3v) is 5.77. The number of benzene rings is 3. The molecule has 3 aromatic carbocycles. The lowest BCUT2D eigenvalue weighted by atomic mass is 10.1. The smallest absolute Gasteiger partial charge is 0.223 e. The molecule has 4 rings (SSSR count). The minimum Gasteiger partial charge on any atom is -0.490 e. The highest BCUT2D eigenvalue weighted by Gasteiger charge is 2.21. The fourth-order valence-corrected chi connectivity index (χ4v) is 4.03. The molecule has 0 aliphatic carbocycles. The SMILES string of the molecule is CC(C)N(C[C@H](O)COc1cccc2ccccc12)C(=O)CCc1ccc2c(c1)OCCO2. The van der Waals surface area contributed by atoms with Crippen LogP contribution in [0.3, 0.4) is 0 Å². The predicted octanol–water partition coefficient (Wildman–Crippen LogP) is 4.22. The maximum atomic E-state index is 12.9. The quantitative estimate of drug-likeness (QED) is 0.530. The highest BCUT2D eigenvalue weighted by molar-refractivity contribution is 5.88. The Morgan fingerprint density at radius 3 is 2.61 bits per heavy atom. The van der Waals surface area contributed by atoms with Gasteiger partial charge in [0, 0.05) is 17.8 Å². The van der Waals surface area contributed by atoms with E-state index in [1.54, 1.807) is 4.90 Å². The molecular formula is C27H31NO5. The third kappa shape index (κ3) is 5.76. The van der Waals surface area contributed by atoms with Crippen molar-refractivity contribution >= 4 is 16.7 Å². The minimum absolute atomic E-state index is 0.00380. The summed E-state index contributed by atoms with van der Waals surface area (Å²) in [5.74, 6) is 2.21. The standard InChI is InChI=1S/C27H31NO5/c1-19(2)28(27(30)13-11-20-10-12-25-26(16-20)32-15-14-31-25)17-22(29)18-33-24-9-5-7-21-6-3-4-8-23(21)24/h3-10,12,16,19,22,29H,11,13-15,17-18H2,1-2H3/t22-/m0/s1. The molecule has 0 radical (unpaired) electrons. The van der Waals surface area contributed by atoms with Gasteiger partial charge in [-0.2, -0.15) is 0 Å². The lowest BCUT2D eigenvalue weighted by Gasteiger charge is -2.29. The Morgan fingerprint density at radius 2 is 1.79 bits per heavy atom. The fourth-order valence-electron chi connectivity index (χ4n) is 4.03. The van der Waals surface area contributed by atoms with Crippen molar-refractivity contribution in [3.8, 4) is 17.2 Å². The summed E-state index contributed by atoms with van der Waals surface area (Å²) < 4.78 is 17.1. The van der Waals surface area contributed by atoms with E-state index in [0.717, 1.165) is 33.6 Å². The number of aliphatic hydroxyl groups is 1. The molecule has 0 aromatic heterocycles. The molecule has 1 heterocycles. The molecule has 0 bridgehead atoms. The molecular weight excluding hydrogens is 418 g/mol. The Labute approximate surface area is 194 Å². The van der Waals surface area contributed by atoms with Gasteiger partial charge < -0.3 is 24.2 Å². The van der Waals surface area contributed by atoms with Gasteiger partial charge in [0.05, 0.1) is 6.54 Å². The van der Waals surface area contributed by atoms with Gasteiger partial charge in [-0.15, -0.1) is 0 Å². The molecule has 0 saturated carbocycles. The maximum Gasteiger partial charge on any atom is 0.223 e. The van der Waals surface area contributed by atoms with E-state index in [-0.39, 0.29) is 25.1 Å². The Bertz CT molecular complexity index is 1090. The average Bonchev–Trinajstić information content (AvgIpc) is 2.84. The zero-order valence-corrected chi connectivity index (χ0v) is 19.2. The molecule has 1 atom stereocenters. The summed E-state index contributed by atoms with van der Waals surface area (Å²) in [6.07, 6.45) is 0.167. The summed E-state index contributed by atoms with van der Waals surface area (Å²) in [7, 11) is 0. The van der Waals surface area contributed by atoms with Crippen LogP contribution in [0.1, 0.15) is 25.8 Å². The van der Waals surface area contributed by atoms with Crippen molar-refractivity contribution in [3.63, 3.8) is 0 Å². The number of aliphatic hydroxyl groups excluding tert-OH is 1. The van der Waals surface area contributed by atoms with Gasteiger partial charge >= 0.3 is 0 Å². The van der Waals surface area contributed by atoms with Crippen LogP contribution in [0.25, 0.3) is 10.8 Å². The Hall–Kier alpha value is -3.25. The first-order valence-corrected chi connectivity index (χ1v) is 11.5. The molecule has 6 heteroatoms. The molecule has 0 spiro atoms. The molecule has 174 valence electrons. The molecule has 1 amide bonds. The zero-order chi connectivity index (χ0) is 23.2. The third-order valence-electron chi connectivity index (χ3n) is 5.77. The second-order valence-electron chi connectivity index (χ2n) is 8.56. The Kier molecular flexibility index (Phi) is 7.35. The molecule has 1 aliphatic rings. The van der Waals surface area contributed by atoms with Crippen LogP contribution in [0.5, 0.6) is 17.2 Å². The number of hydrogen-bond acceptors (Lipinski definition) is 5. The fraction of sp³-hybridized carbons (Fsp3) is 0.370. The molecule has 0 unspecified atom stereocenters. The van der Waals surface area contributed by atoms with Crippen LogP contribution in [0, 0.1) is 0 Å². The summed E-state index contributed by atoms with van der Waals surface area (Å²) in [4.78, 5) is 14.7. The summed E-state index contributed by atoms with van der Waals surface area (Å²) in [6, 6.07) is 19.6. The summed E-state index contributed by atoms with van der Waals surface area (Å²) >= 11 is 0. The number of rotatable bonds is 9. The number of hydrogen-bond donors (Lipinski definition) is 1. The molecule has 0 saturated heterocycles. The van der Waals surface area contributed by atoms with Crippen molar-refractivity contribution in [1.29, 1.82) is 0 Å². The zero-order valence-electron chi connectivity index (χ0n) is 19.2. The van der Waals surface area contributed by atoms with E-state index in [1.807, 2.05) is 74.5 Å². The van der Waals surface area contributed by atoms with Gasteiger partial charge in [-0.05, 0) is 49.4 Å². The van der Waals surface area contributed by atoms with E-state index >= 15 is 0 Å². The van der Waals surface area contributed by atoms with Crippen LogP contribution in [0.4, 0.5) is 0 Å². The van der Waals surface area contributed by atoms with Crippen molar-refractivity contribution in [2.75, 3.05) is 26.4 Å². The van der Waals surface area contributed by atoms with Crippen LogP contribution in [-0.4, -0.2) is 54.4 Å². The van der Waals surface area contributed by atoms with Crippen LogP contribution in [0.15, 0.2) is 60.7 Å². The highest BCUT2D eigenvalue weighted by atomic mass is 16.6. The molecule has 3 aromatic rings. The maximum absolute atomic E-state index is 12.9. The van der Waals surface area contributed by atoms with Crippen molar-refractivity contribution in [2.45, 2.75) is 38.8 Å². The first kappa shape index (κ1) is 22.9. The molecule has 33 heavy (non-hydrogen) atoms. The minimum atomic E-state index is -0.787. The van der Waals surface area contributed by atoms with E-state index < -0.39 is 6.10 Å². The highest BCUT2D eigenvalue weighted by Crippen LogP contribution is 2.31. The number of carbonyl (C=O) groups excluding carboxylic acids is 1. The van der Waals surface area contributed by atoms with Gasteiger partial charge in [0.25, 0.3) is 0 Å². The summed E-state index contributed by atoms with van der Waals surface area (Å²) in [5, 5.41) is 12.7. The molecule has 1 aliphatic heterocycles. The Morgan fingerprint density at radius 1 is 1.03 bits per heavy atom. The van der Waals surface area contributed by atoms with Crippen molar-refractivity contribution in [2.24, 2.45) is 0 Å². The van der Waals surface area contributed by atoms with Crippen LogP contribution in [0.2, 0.25) is 0 Å². The van der Waals surface area contributed by atoms with E-state index in [2.05, 4.69) is 0 Å². The number of nitrogens with zero attached hydrogens (tertiary/aromatic N) is 1. The molecule has 0 fully saturated rings. The topological polar surface area (TPSA) is 68.2 Å². The van der Waals surface area contributed by atoms with Crippen LogP contribution in [-0.2, 0) is 11.2 Å². The summed E-state index contributed by atoms with van der Waals surface area (Å²) in [6.45, 7) is 5.35. The summed E-state index contributed by atoms with van der Waals surface area (Å²) in [5.41, 5.74) is 1.02. The van der Waals surface area contributed by atoms with Gasteiger partial charge in [-0.1, -0.05) is 42.5 Å². The number of fused-ring (bicyclic) bond motifs is 2. The number of ether oxygens (including phenoxy) is 3. The monoisotopic (exact) mass is 449 g/mol. The van der Waals surface area contributed by atoms with Crippen molar-refractivity contribution in [3.05, 3.63) is 66.2 Å². The van der Waals surface area contributed by atoms with Gasteiger partial charge in [0.1, 0.15) is 31.7 Å². The van der Waals surface area contributed by atoms with Crippen LogP contribution < -0.4 is 14.2 Å².